The van der Waals surface area contributed by atoms with E-state index in [-0.39, 0.29) is 35.3 Å². The average Bonchev–Trinajstić information content (AvgIpc) is 2.85. The summed E-state index contributed by atoms with van der Waals surface area (Å²) in [6.07, 6.45) is 5.74. The Balaban J connectivity index is 1.58. The van der Waals surface area contributed by atoms with Crippen molar-refractivity contribution < 1.29 is 13.9 Å². The fourth-order valence-corrected chi connectivity index (χ4v) is 3.41. The van der Waals surface area contributed by atoms with Gasteiger partial charge in [0, 0.05) is 30.6 Å². The Hall–Kier alpha value is -4.37. The van der Waals surface area contributed by atoms with Crippen LogP contribution in [0.2, 0.25) is 5.02 Å². The highest BCUT2D eigenvalue weighted by atomic mass is 35.5. The van der Waals surface area contributed by atoms with Crippen LogP contribution in [0.3, 0.4) is 0 Å². The van der Waals surface area contributed by atoms with Crippen LogP contribution in [0.15, 0.2) is 78.5 Å². The van der Waals surface area contributed by atoms with Crippen LogP contribution in [0.5, 0.6) is 11.8 Å². The summed E-state index contributed by atoms with van der Waals surface area (Å²) in [7, 11) is 0. The van der Waals surface area contributed by atoms with Gasteiger partial charge in [-0.1, -0.05) is 35.9 Å². The molecule has 0 atom stereocenters. The molecule has 0 saturated heterocycles. The minimum absolute atomic E-state index is 0.0125. The number of ketones is 1. The molecule has 2 aromatic carbocycles. The van der Waals surface area contributed by atoms with E-state index in [1.54, 1.807) is 24.3 Å². The molecule has 4 aromatic rings. The van der Waals surface area contributed by atoms with Gasteiger partial charge < -0.3 is 10.5 Å². The van der Waals surface area contributed by atoms with Crippen LogP contribution in [0.4, 0.5) is 10.1 Å². The molecule has 35 heavy (non-hydrogen) atoms. The van der Waals surface area contributed by atoms with E-state index in [1.165, 1.54) is 47.5 Å². The first-order valence-electron chi connectivity index (χ1n) is 10.4. The lowest BCUT2D eigenvalue weighted by molar-refractivity contribution is 0.0984. The van der Waals surface area contributed by atoms with E-state index in [0.717, 1.165) is 0 Å². The number of hydrogen-bond acceptors (Lipinski definition) is 7. The second-order valence-corrected chi connectivity index (χ2v) is 7.85. The fraction of sp³-hybridized carbons (Fsp3) is 0.0800. The predicted molar refractivity (Wildman–Crippen MR) is 130 cm³/mol. The molecule has 0 fully saturated rings. The van der Waals surface area contributed by atoms with Crippen molar-refractivity contribution in [2.24, 2.45) is 0 Å². The van der Waals surface area contributed by atoms with Crippen molar-refractivity contribution in [1.29, 1.82) is 0 Å². The zero-order chi connectivity index (χ0) is 24.9. The standard InChI is InChI=1S/C25H19ClFN5O3/c1-2-10-32-14-18(16-6-8-17(27)9-7-16)24(34)23(31-32)20(33)11-15-12-29-25(30-13-15)35-21-5-3-4-19(28)22(21)26/h2-9,12-14H,1,10-11,28H2. The number of rotatable bonds is 8. The molecule has 10 heteroatoms. The van der Waals surface area contributed by atoms with E-state index in [2.05, 4.69) is 21.6 Å². The van der Waals surface area contributed by atoms with Crippen LogP contribution in [0, 0.1) is 5.82 Å². The molecule has 2 heterocycles. The van der Waals surface area contributed by atoms with Crippen molar-refractivity contribution >= 4 is 23.1 Å². The van der Waals surface area contributed by atoms with Crippen LogP contribution in [0.1, 0.15) is 16.1 Å². The Bertz CT molecular complexity index is 1450. The van der Waals surface area contributed by atoms with Crippen molar-refractivity contribution in [2.45, 2.75) is 13.0 Å². The Morgan fingerprint density at radius 3 is 2.57 bits per heavy atom. The summed E-state index contributed by atoms with van der Waals surface area (Å²) >= 11 is 6.11. The number of hydrogen-bond donors (Lipinski definition) is 1. The number of carbonyl (C=O) groups excluding carboxylic acids is 1. The highest BCUT2D eigenvalue weighted by Crippen LogP contribution is 2.32. The lowest BCUT2D eigenvalue weighted by atomic mass is 10.0. The number of nitrogens with zero attached hydrogens (tertiary/aromatic N) is 4. The van der Waals surface area contributed by atoms with Crippen LogP contribution in [-0.2, 0) is 13.0 Å². The maximum atomic E-state index is 13.3. The number of halogens is 2. The van der Waals surface area contributed by atoms with Gasteiger partial charge in [0.05, 0.1) is 12.2 Å². The van der Waals surface area contributed by atoms with E-state index in [0.29, 0.717) is 22.6 Å². The Morgan fingerprint density at radius 2 is 1.89 bits per heavy atom. The van der Waals surface area contributed by atoms with Gasteiger partial charge in [0.1, 0.15) is 10.8 Å². The number of Topliss-reactive ketones (excluding diaryl/α,β-unsaturated/α-hetero) is 1. The van der Waals surface area contributed by atoms with E-state index in [1.807, 2.05) is 0 Å². The van der Waals surface area contributed by atoms with Gasteiger partial charge in [0.25, 0.3) is 0 Å². The molecule has 0 radical (unpaired) electrons. The summed E-state index contributed by atoms with van der Waals surface area (Å²) in [6.45, 7) is 3.94. The summed E-state index contributed by atoms with van der Waals surface area (Å²) in [5.41, 5.74) is 6.45. The first kappa shape index (κ1) is 23.8. The lowest BCUT2D eigenvalue weighted by Gasteiger charge is -2.10. The zero-order valence-corrected chi connectivity index (χ0v) is 19.1. The molecule has 0 amide bonds. The number of nitrogen functional groups attached to an aromatic ring is 1. The van der Waals surface area contributed by atoms with Crippen LogP contribution in [0.25, 0.3) is 11.1 Å². The topological polar surface area (TPSA) is 113 Å². The molecular weight excluding hydrogens is 473 g/mol. The summed E-state index contributed by atoms with van der Waals surface area (Å²) in [4.78, 5) is 34.3. The van der Waals surface area contributed by atoms with Crippen molar-refractivity contribution in [1.82, 2.24) is 19.7 Å². The number of ether oxygens (including phenoxy) is 1. The van der Waals surface area contributed by atoms with Gasteiger partial charge in [-0.25, -0.2) is 14.4 Å². The van der Waals surface area contributed by atoms with Gasteiger partial charge >= 0.3 is 6.01 Å². The summed E-state index contributed by atoms with van der Waals surface area (Å²) < 4.78 is 20.3. The second-order valence-electron chi connectivity index (χ2n) is 7.47. The number of anilines is 1. The first-order chi connectivity index (χ1) is 16.9. The molecule has 176 valence electrons. The van der Waals surface area contributed by atoms with Crippen molar-refractivity contribution in [2.75, 3.05) is 5.73 Å². The molecule has 0 aliphatic carbocycles. The third kappa shape index (κ3) is 5.42. The smallest absolute Gasteiger partial charge is 0.321 e. The normalized spacial score (nSPS) is 10.7. The van der Waals surface area contributed by atoms with Crippen LogP contribution < -0.4 is 15.9 Å². The molecule has 2 aromatic heterocycles. The maximum absolute atomic E-state index is 13.3. The zero-order valence-electron chi connectivity index (χ0n) is 18.3. The Kier molecular flexibility index (Phi) is 6.98. The highest BCUT2D eigenvalue weighted by Gasteiger charge is 2.19. The molecule has 4 rings (SSSR count). The van der Waals surface area contributed by atoms with Gasteiger partial charge in [-0.05, 0) is 35.4 Å². The SMILES string of the molecule is C=CCn1cc(-c2ccc(F)cc2)c(=O)c(C(=O)Cc2cnc(Oc3cccc(N)c3Cl)nc2)n1. The molecule has 2 N–H and O–H groups in total. The third-order valence-corrected chi connectivity index (χ3v) is 5.35. The molecule has 0 spiro atoms. The molecule has 0 saturated carbocycles. The minimum atomic E-state index is -0.556. The lowest BCUT2D eigenvalue weighted by Crippen LogP contribution is -2.25. The third-order valence-electron chi connectivity index (χ3n) is 4.94. The first-order valence-corrected chi connectivity index (χ1v) is 10.8. The van der Waals surface area contributed by atoms with Gasteiger partial charge in [-0.3, -0.25) is 14.3 Å². The quantitative estimate of drug-likeness (QED) is 0.219. The van der Waals surface area contributed by atoms with Crippen molar-refractivity contribution in [3.05, 3.63) is 106 Å². The monoisotopic (exact) mass is 491 g/mol. The van der Waals surface area contributed by atoms with E-state index in [4.69, 9.17) is 22.1 Å². The maximum Gasteiger partial charge on any atom is 0.321 e. The number of carbonyl (C=O) groups is 1. The van der Waals surface area contributed by atoms with Gasteiger partial charge in [0.15, 0.2) is 17.2 Å². The number of benzene rings is 2. The summed E-state index contributed by atoms with van der Waals surface area (Å²) in [6, 6.07) is 10.4. The van der Waals surface area contributed by atoms with Gasteiger partial charge in [0.2, 0.25) is 5.43 Å². The Labute approximate surface area is 204 Å². The van der Waals surface area contributed by atoms with Crippen LogP contribution in [-0.4, -0.2) is 25.5 Å². The van der Waals surface area contributed by atoms with Crippen molar-refractivity contribution in [3.8, 4) is 22.9 Å². The fourth-order valence-electron chi connectivity index (χ4n) is 3.24. The van der Waals surface area contributed by atoms with Crippen molar-refractivity contribution in [3.63, 3.8) is 0 Å². The second kappa shape index (κ2) is 10.3. The number of allylic oxidation sites excluding steroid dienone is 1. The van der Waals surface area contributed by atoms with Gasteiger partial charge in [-0.2, -0.15) is 5.10 Å². The largest absolute Gasteiger partial charge is 0.423 e. The molecule has 0 aliphatic heterocycles. The predicted octanol–water partition coefficient (Wildman–Crippen LogP) is 4.48. The average molecular weight is 492 g/mol. The molecular formula is C25H19ClFN5O3. The Morgan fingerprint density at radius 1 is 1.17 bits per heavy atom. The van der Waals surface area contributed by atoms with Gasteiger partial charge in [-0.15, -0.1) is 6.58 Å². The summed E-state index contributed by atoms with van der Waals surface area (Å²) in [5.74, 6) is -0.663. The number of aromatic nitrogens is 4. The summed E-state index contributed by atoms with van der Waals surface area (Å²) in [5, 5.41) is 4.40. The highest BCUT2D eigenvalue weighted by molar-refractivity contribution is 6.34. The minimum Gasteiger partial charge on any atom is -0.423 e. The molecule has 8 nitrogen and oxygen atoms in total. The van der Waals surface area contributed by atoms with E-state index >= 15 is 0 Å². The number of nitrogens with two attached hydrogens (primary N) is 1. The van der Waals surface area contributed by atoms with E-state index in [9.17, 15) is 14.0 Å². The van der Waals surface area contributed by atoms with Crippen LogP contribution >= 0.6 is 11.6 Å². The molecule has 0 unspecified atom stereocenters. The molecule has 0 aliphatic rings. The van der Waals surface area contributed by atoms with E-state index < -0.39 is 17.0 Å². The molecule has 0 bridgehead atoms.